The number of rotatable bonds is 8. The number of hydrogen-bond donors (Lipinski definition) is 1. The highest BCUT2D eigenvalue weighted by molar-refractivity contribution is 5.93. The zero-order valence-corrected chi connectivity index (χ0v) is 12.3. The zero-order chi connectivity index (χ0) is 14.9. The lowest BCUT2D eigenvalue weighted by Gasteiger charge is -2.11. The molecule has 0 saturated carbocycles. The van der Waals surface area contributed by atoms with Gasteiger partial charge in [0.05, 0.1) is 11.7 Å². The highest BCUT2D eigenvalue weighted by Gasteiger charge is 2.16. The van der Waals surface area contributed by atoms with Crippen LogP contribution in [-0.4, -0.2) is 50.5 Å². The molecule has 1 aliphatic rings. The Balaban J connectivity index is 1.73. The SMILES string of the molecule is COCCCNC(=O)c1ccc(OC[C@@H]2CCCO2)nc1. The minimum atomic E-state index is -0.135. The molecule has 1 saturated heterocycles. The molecule has 6 heteroatoms. The smallest absolute Gasteiger partial charge is 0.252 e. The van der Waals surface area contributed by atoms with Gasteiger partial charge < -0.3 is 19.5 Å². The van der Waals surface area contributed by atoms with Crippen molar-refractivity contribution in [2.45, 2.75) is 25.4 Å². The summed E-state index contributed by atoms with van der Waals surface area (Å²) in [6, 6.07) is 3.42. The lowest BCUT2D eigenvalue weighted by Crippen LogP contribution is -2.25. The quantitative estimate of drug-likeness (QED) is 0.734. The molecule has 1 fully saturated rings. The van der Waals surface area contributed by atoms with Crippen molar-refractivity contribution < 1.29 is 19.0 Å². The molecule has 21 heavy (non-hydrogen) atoms. The van der Waals surface area contributed by atoms with E-state index in [2.05, 4.69) is 10.3 Å². The standard InChI is InChI=1S/C15H22N2O4/c1-19-8-3-7-16-15(18)12-5-6-14(17-10-12)21-11-13-4-2-9-20-13/h5-6,10,13H,2-4,7-9,11H2,1H3,(H,16,18)/t13-/m0/s1. The van der Waals surface area contributed by atoms with E-state index < -0.39 is 0 Å². The van der Waals surface area contributed by atoms with Crippen LogP contribution in [0.2, 0.25) is 0 Å². The van der Waals surface area contributed by atoms with Crippen molar-refractivity contribution in [1.29, 1.82) is 0 Å². The van der Waals surface area contributed by atoms with E-state index in [4.69, 9.17) is 14.2 Å². The number of aromatic nitrogens is 1. The van der Waals surface area contributed by atoms with E-state index in [0.29, 0.717) is 31.2 Å². The molecule has 0 aliphatic carbocycles. The number of ether oxygens (including phenoxy) is 3. The fraction of sp³-hybridized carbons (Fsp3) is 0.600. The molecule has 1 aliphatic heterocycles. The van der Waals surface area contributed by atoms with Crippen LogP contribution < -0.4 is 10.1 Å². The Bertz CT molecular complexity index is 430. The first-order valence-corrected chi connectivity index (χ1v) is 7.27. The van der Waals surface area contributed by atoms with Crippen LogP contribution in [0.25, 0.3) is 0 Å². The van der Waals surface area contributed by atoms with Crippen LogP contribution in [0.4, 0.5) is 0 Å². The third-order valence-corrected chi connectivity index (χ3v) is 3.25. The van der Waals surface area contributed by atoms with Crippen LogP contribution in [0.3, 0.4) is 0 Å². The first kappa shape index (κ1) is 15.7. The van der Waals surface area contributed by atoms with E-state index in [1.807, 2.05) is 0 Å². The highest BCUT2D eigenvalue weighted by atomic mass is 16.5. The maximum absolute atomic E-state index is 11.8. The summed E-state index contributed by atoms with van der Waals surface area (Å²) in [6.45, 7) is 2.54. The van der Waals surface area contributed by atoms with Gasteiger partial charge in [-0.25, -0.2) is 4.98 Å². The number of methoxy groups -OCH3 is 1. The Morgan fingerprint density at radius 3 is 3.10 bits per heavy atom. The molecule has 116 valence electrons. The Morgan fingerprint density at radius 1 is 1.52 bits per heavy atom. The molecule has 0 radical (unpaired) electrons. The van der Waals surface area contributed by atoms with Crippen molar-refractivity contribution in [3.63, 3.8) is 0 Å². The molecule has 1 aromatic heterocycles. The van der Waals surface area contributed by atoms with Crippen molar-refractivity contribution in [3.8, 4) is 5.88 Å². The average Bonchev–Trinajstić information content (AvgIpc) is 3.03. The lowest BCUT2D eigenvalue weighted by molar-refractivity contribution is 0.0663. The molecule has 2 heterocycles. The molecule has 0 aromatic carbocycles. The largest absolute Gasteiger partial charge is 0.475 e. The molecular weight excluding hydrogens is 272 g/mol. The summed E-state index contributed by atoms with van der Waals surface area (Å²) in [7, 11) is 1.64. The Labute approximate surface area is 124 Å². The van der Waals surface area contributed by atoms with Gasteiger partial charge >= 0.3 is 0 Å². The maximum Gasteiger partial charge on any atom is 0.252 e. The molecule has 0 unspecified atom stereocenters. The van der Waals surface area contributed by atoms with E-state index >= 15 is 0 Å². The normalized spacial score (nSPS) is 17.7. The van der Waals surface area contributed by atoms with Crippen molar-refractivity contribution in [3.05, 3.63) is 23.9 Å². The highest BCUT2D eigenvalue weighted by Crippen LogP contribution is 2.14. The molecule has 2 rings (SSSR count). The van der Waals surface area contributed by atoms with Gasteiger partial charge in [0.15, 0.2) is 0 Å². The number of pyridine rings is 1. The summed E-state index contributed by atoms with van der Waals surface area (Å²) in [5, 5.41) is 2.81. The van der Waals surface area contributed by atoms with Crippen molar-refractivity contribution >= 4 is 5.91 Å². The van der Waals surface area contributed by atoms with Gasteiger partial charge in [-0.15, -0.1) is 0 Å². The van der Waals surface area contributed by atoms with E-state index in [1.54, 1.807) is 19.2 Å². The maximum atomic E-state index is 11.8. The number of nitrogens with one attached hydrogen (secondary N) is 1. The third-order valence-electron chi connectivity index (χ3n) is 3.25. The van der Waals surface area contributed by atoms with Gasteiger partial charge in [-0.05, 0) is 25.3 Å². The first-order chi connectivity index (χ1) is 10.3. The second kappa shape index (κ2) is 8.59. The molecule has 6 nitrogen and oxygen atoms in total. The van der Waals surface area contributed by atoms with Gasteiger partial charge in [-0.1, -0.05) is 0 Å². The number of carbonyl (C=O) groups is 1. The molecule has 0 spiro atoms. The molecule has 1 aromatic rings. The van der Waals surface area contributed by atoms with E-state index in [0.717, 1.165) is 25.9 Å². The van der Waals surface area contributed by atoms with Crippen molar-refractivity contribution in [1.82, 2.24) is 10.3 Å². The van der Waals surface area contributed by atoms with Gasteiger partial charge in [-0.2, -0.15) is 0 Å². The summed E-state index contributed by atoms with van der Waals surface area (Å²) >= 11 is 0. The minimum absolute atomic E-state index is 0.135. The fourth-order valence-electron chi connectivity index (χ4n) is 2.07. The van der Waals surface area contributed by atoms with Crippen LogP contribution in [0, 0.1) is 0 Å². The van der Waals surface area contributed by atoms with Gasteiger partial charge in [0.1, 0.15) is 6.61 Å². The Hall–Kier alpha value is -1.66. The molecular formula is C15H22N2O4. The number of nitrogens with zero attached hydrogens (tertiary/aromatic N) is 1. The summed E-state index contributed by atoms with van der Waals surface area (Å²) < 4.78 is 16.0. The number of hydrogen-bond acceptors (Lipinski definition) is 5. The van der Waals surface area contributed by atoms with Crippen molar-refractivity contribution in [2.75, 3.05) is 33.5 Å². The van der Waals surface area contributed by atoms with Crippen molar-refractivity contribution in [2.24, 2.45) is 0 Å². The lowest BCUT2D eigenvalue weighted by atomic mass is 10.2. The van der Waals surface area contributed by atoms with Gasteiger partial charge in [-0.3, -0.25) is 4.79 Å². The van der Waals surface area contributed by atoms with E-state index in [9.17, 15) is 4.79 Å². The summed E-state index contributed by atoms with van der Waals surface area (Å²) in [5.74, 6) is 0.380. The number of carbonyl (C=O) groups excluding carboxylic acids is 1. The van der Waals surface area contributed by atoms with Crippen LogP contribution in [0.1, 0.15) is 29.6 Å². The summed E-state index contributed by atoms with van der Waals surface area (Å²) in [6.07, 6.45) is 4.59. The topological polar surface area (TPSA) is 69.7 Å². The van der Waals surface area contributed by atoms with E-state index in [1.165, 1.54) is 6.20 Å². The predicted molar refractivity (Wildman–Crippen MR) is 77.5 cm³/mol. The second-order valence-electron chi connectivity index (χ2n) is 4.93. The number of amides is 1. The van der Waals surface area contributed by atoms with Crippen LogP contribution in [-0.2, 0) is 9.47 Å². The zero-order valence-electron chi connectivity index (χ0n) is 12.3. The average molecular weight is 294 g/mol. The van der Waals surface area contributed by atoms with E-state index in [-0.39, 0.29) is 12.0 Å². The predicted octanol–water partition coefficient (Wildman–Crippen LogP) is 1.41. The summed E-state index contributed by atoms with van der Waals surface area (Å²) in [4.78, 5) is 16.0. The molecule has 1 N–H and O–H groups in total. The summed E-state index contributed by atoms with van der Waals surface area (Å²) in [5.41, 5.74) is 0.525. The van der Waals surface area contributed by atoms with Crippen LogP contribution >= 0.6 is 0 Å². The van der Waals surface area contributed by atoms with Crippen LogP contribution in [0.5, 0.6) is 5.88 Å². The molecule has 1 atom stereocenters. The molecule has 1 amide bonds. The third kappa shape index (κ3) is 5.32. The van der Waals surface area contributed by atoms with Crippen LogP contribution in [0.15, 0.2) is 18.3 Å². The minimum Gasteiger partial charge on any atom is -0.475 e. The molecule has 0 bridgehead atoms. The first-order valence-electron chi connectivity index (χ1n) is 7.27. The second-order valence-corrected chi connectivity index (χ2v) is 4.93. The van der Waals surface area contributed by atoms with Gasteiger partial charge in [0.2, 0.25) is 5.88 Å². The van der Waals surface area contributed by atoms with Gasteiger partial charge in [0.25, 0.3) is 5.91 Å². The Morgan fingerprint density at radius 2 is 2.43 bits per heavy atom. The Kier molecular flexibility index (Phi) is 6.43. The fourth-order valence-corrected chi connectivity index (χ4v) is 2.07. The monoisotopic (exact) mass is 294 g/mol. The van der Waals surface area contributed by atoms with Gasteiger partial charge in [0, 0.05) is 39.1 Å².